The van der Waals surface area contributed by atoms with Crippen molar-refractivity contribution in [2.45, 2.75) is 31.7 Å². The summed E-state index contributed by atoms with van der Waals surface area (Å²) in [6, 6.07) is 9.00. The zero-order chi connectivity index (χ0) is 16.5. The maximum absolute atomic E-state index is 12.0. The van der Waals surface area contributed by atoms with Crippen LogP contribution in [0.2, 0.25) is 0 Å². The molecule has 122 valence electrons. The number of aryl methyl sites for hydroxylation is 1. The first-order valence-corrected chi connectivity index (χ1v) is 7.28. The normalized spacial score (nSPS) is 11.7. The molecule has 0 saturated heterocycles. The maximum Gasteiger partial charge on any atom is 0.264 e. The van der Waals surface area contributed by atoms with E-state index in [1.165, 1.54) is 5.56 Å². The van der Waals surface area contributed by atoms with Crippen molar-refractivity contribution < 1.29 is 9.59 Å². The van der Waals surface area contributed by atoms with Crippen LogP contribution < -0.4 is 16.6 Å². The Morgan fingerprint density at radius 3 is 2.65 bits per heavy atom. The van der Waals surface area contributed by atoms with Crippen LogP contribution in [0.1, 0.15) is 36.7 Å². The van der Waals surface area contributed by atoms with E-state index in [1.807, 2.05) is 23.6 Å². The number of nitrogens with zero attached hydrogens (tertiary/aromatic N) is 3. The number of nitrogens with two attached hydrogens (primary N) is 1. The quantitative estimate of drug-likeness (QED) is 0.229. The van der Waals surface area contributed by atoms with E-state index in [1.54, 1.807) is 0 Å². The van der Waals surface area contributed by atoms with Gasteiger partial charge in [0.15, 0.2) is 6.04 Å². The maximum atomic E-state index is 12.0. The van der Waals surface area contributed by atoms with Crippen LogP contribution in [-0.4, -0.2) is 32.4 Å². The number of tetrazole rings is 1. The average molecular weight is 317 g/mol. The molecule has 0 fully saturated rings. The molecule has 0 bridgehead atoms. The van der Waals surface area contributed by atoms with E-state index in [2.05, 4.69) is 38.1 Å². The summed E-state index contributed by atoms with van der Waals surface area (Å²) in [6.07, 6.45) is 2.81. The Labute approximate surface area is 133 Å². The lowest BCUT2D eigenvalue weighted by Gasteiger charge is -2.13. The van der Waals surface area contributed by atoms with Gasteiger partial charge in [-0.3, -0.25) is 15.0 Å². The third-order valence-electron chi connectivity index (χ3n) is 3.29. The molecule has 0 unspecified atom stereocenters. The van der Waals surface area contributed by atoms with Crippen LogP contribution in [0.15, 0.2) is 30.3 Å². The van der Waals surface area contributed by atoms with Crippen molar-refractivity contribution in [1.82, 2.24) is 31.4 Å². The summed E-state index contributed by atoms with van der Waals surface area (Å²) in [5, 5.41) is 15.5. The van der Waals surface area contributed by atoms with Crippen molar-refractivity contribution >= 4 is 11.8 Å². The second-order valence-electron chi connectivity index (χ2n) is 4.97. The summed E-state index contributed by atoms with van der Waals surface area (Å²) in [6.45, 7) is 0. The highest BCUT2D eigenvalue weighted by Crippen LogP contribution is 2.09. The monoisotopic (exact) mass is 317 g/mol. The van der Waals surface area contributed by atoms with E-state index in [-0.39, 0.29) is 11.7 Å². The molecule has 9 heteroatoms. The number of unbranched alkanes of at least 4 members (excludes halogenated alkanes) is 1. The molecule has 2 rings (SSSR count). The highest BCUT2D eigenvalue weighted by atomic mass is 16.2. The lowest BCUT2D eigenvalue weighted by Crippen LogP contribution is -2.43. The summed E-state index contributed by atoms with van der Waals surface area (Å²) in [5.74, 6) is 4.29. The summed E-state index contributed by atoms with van der Waals surface area (Å²) < 4.78 is 0. The van der Waals surface area contributed by atoms with Crippen LogP contribution in [0, 0.1) is 0 Å². The van der Waals surface area contributed by atoms with Crippen LogP contribution in [0.3, 0.4) is 0 Å². The predicted octanol–water partition coefficient (Wildman–Crippen LogP) is -0.240. The van der Waals surface area contributed by atoms with Gasteiger partial charge in [0, 0.05) is 6.42 Å². The lowest BCUT2D eigenvalue weighted by atomic mass is 10.1. The molecule has 23 heavy (non-hydrogen) atoms. The topological polar surface area (TPSA) is 139 Å². The van der Waals surface area contributed by atoms with Crippen LogP contribution in [-0.2, 0) is 16.0 Å². The number of hydrogen-bond donors (Lipinski definition) is 4. The molecule has 1 atom stereocenters. The van der Waals surface area contributed by atoms with Crippen molar-refractivity contribution in [3.63, 3.8) is 0 Å². The fourth-order valence-corrected chi connectivity index (χ4v) is 2.12. The number of hydrogen-bond acceptors (Lipinski definition) is 6. The van der Waals surface area contributed by atoms with E-state index in [4.69, 9.17) is 5.84 Å². The number of nitrogens with one attached hydrogen (secondary N) is 3. The number of carbonyl (C=O) groups excluding carboxylic acids is 2. The van der Waals surface area contributed by atoms with Crippen molar-refractivity contribution in [1.29, 1.82) is 0 Å². The molecule has 0 radical (unpaired) electrons. The first kappa shape index (κ1) is 16.6. The number of hydrazine groups is 1. The number of amides is 2. The first-order chi connectivity index (χ1) is 11.2. The van der Waals surface area contributed by atoms with Crippen LogP contribution >= 0.6 is 0 Å². The molecular formula is C14H19N7O2. The Bertz CT molecular complexity index is 615. The van der Waals surface area contributed by atoms with Gasteiger partial charge >= 0.3 is 0 Å². The van der Waals surface area contributed by atoms with Crippen LogP contribution in [0.5, 0.6) is 0 Å². The number of H-pyrrole nitrogens is 1. The van der Waals surface area contributed by atoms with Gasteiger partial charge in [-0.2, -0.15) is 5.21 Å². The molecule has 0 saturated carbocycles. The SMILES string of the molecule is NNC(=O)[C@H](NC(=O)CCCCc1ccccc1)c1nn[nH]n1. The minimum atomic E-state index is -1.06. The number of carbonyl (C=O) groups is 2. The molecule has 2 aromatic rings. The molecule has 0 spiro atoms. The fourth-order valence-electron chi connectivity index (χ4n) is 2.12. The number of aromatic amines is 1. The number of benzene rings is 1. The van der Waals surface area contributed by atoms with Crippen molar-refractivity contribution in [3.8, 4) is 0 Å². The van der Waals surface area contributed by atoms with Crippen molar-refractivity contribution in [3.05, 3.63) is 41.7 Å². The minimum Gasteiger partial charge on any atom is -0.338 e. The third-order valence-corrected chi connectivity index (χ3v) is 3.29. The number of aromatic nitrogens is 4. The van der Waals surface area contributed by atoms with Gasteiger partial charge in [-0.1, -0.05) is 35.5 Å². The predicted molar refractivity (Wildman–Crippen MR) is 81.4 cm³/mol. The fraction of sp³-hybridized carbons (Fsp3) is 0.357. The van der Waals surface area contributed by atoms with Gasteiger partial charge in [0.1, 0.15) is 0 Å². The minimum absolute atomic E-state index is 0.0607. The second-order valence-corrected chi connectivity index (χ2v) is 4.97. The number of rotatable bonds is 8. The zero-order valence-corrected chi connectivity index (χ0v) is 12.5. The molecule has 0 aliphatic rings. The molecular weight excluding hydrogens is 298 g/mol. The highest BCUT2D eigenvalue weighted by Gasteiger charge is 2.25. The molecule has 1 heterocycles. The van der Waals surface area contributed by atoms with Gasteiger partial charge in [0.25, 0.3) is 5.91 Å². The zero-order valence-electron chi connectivity index (χ0n) is 12.5. The largest absolute Gasteiger partial charge is 0.338 e. The smallest absolute Gasteiger partial charge is 0.264 e. The Balaban J connectivity index is 1.77. The van der Waals surface area contributed by atoms with Gasteiger partial charge < -0.3 is 5.32 Å². The van der Waals surface area contributed by atoms with Crippen molar-refractivity contribution in [2.75, 3.05) is 0 Å². The second kappa shape index (κ2) is 8.59. The molecule has 0 aliphatic heterocycles. The third kappa shape index (κ3) is 5.15. The van der Waals surface area contributed by atoms with E-state index in [0.717, 1.165) is 12.8 Å². The van der Waals surface area contributed by atoms with Crippen LogP contribution in [0.4, 0.5) is 0 Å². The highest BCUT2D eigenvalue weighted by molar-refractivity contribution is 5.87. The van der Waals surface area contributed by atoms with Gasteiger partial charge in [0.2, 0.25) is 11.7 Å². The Hall–Kier alpha value is -2.81. The standard InChI is InChI=1S/C14H19N7O2/c15-17-14(23)12(13-18-20-21-19-13)16-11(22)9-5-4-8-10-6-2-1-3-7-10/h1-3,6-7,12H,4-5,8-9,15H2,(H,16,22)(H,17,23)(H,18,19,20,21)/t12-/m1/s1. The summed E-state index contributed by atoms with van der Waals surface area (Å²) in [7, 11) is 0. The van der Waals surface area contributed by atoms with E-state index in [9.17, 15) is 9.59 Å². The van der Waals surface area contributed by atoms with E-state index in [0.29, 0.717) is 12.8 Å². The van der Waals surface area contributed by atoms with Gasteiger partial charge in [0.05, 0.1) is 0 Å². The Kier molecular flexibility index (Phi) is 6.18. The lowest BCUT2D eigenvalue weighted by molar-refractivity contribution is -0.129. The molecule has 2 amide bonds. The molecule has 1 aromatic carbocycles. The Morgan fingerprint density at radius 1 is 1.22 bits per heavy atom. The van der Waals surface area contributed by atoms with Gasteiger partial charge in [-0.25, -0.2) is 5.84 Å². The van der Waals surface area contributed by atoms with Crippen LogP contribution in [0.25, 0.3) is 0 Å². The van der Waals surface area contributed by atoms with Gasteiger partial charge in [-0.05, 0) is 24.8 Å². The average Bonchev–Trinajstić information content (AvgIpc) is 3.11. The molecule has 1 aromatic heterocycles. The Morgan fingerprint density at radius 2 is 2.00 bits per heavy atom. The summed E-state index contributed by atoms with van der Waals surface area (Å²) in [5.41, 5.74) is 3.21. The van der Waals surface area contributed by atoms with Gasteiger partial charge in [-0.15, -0.1) is 10.2 Å². The summed E-state index contributed by atoms with van der Waals surface area (Å²) >= 11 is 0. The first-order valence-electron chi connectivity index (χ1n) is 7.28. The summed E-state index contributed by atoms with van der Waals surface area (Å²) in [4.78, 5) is 23.7. The molecule has 0 aliphatic carbocycles. The van der Waals surface area contributed by atoms with E-state index < -0.39 is 11.9 Å². The molecule has 5 N–H and O–H groups in total. The van der Waals surface area contributed by atoms with E-state index >= 15 is 0 Å². The van der Waals surface area contributed by atoms with Crippen molar-refractivity contribution in [2.24, 2.45) is 5.84 Å². The molecule has 9 nitrogen and oxygen atoms in total.